The molecule has 2 N–H and O–H groups in total. The highest BCUT2D eigenvalue weighted by Crippen LogP contribution is 2.22. The van der Waals surface area contributed by atoms with E-state index in [1.165, 1.54) is 6.07 Å². The van der Waals surface area contributed by atoms with Gasteiger partial charge in [0.1, 0.15) is 0 Å². The molecule has 1 atom stereocenters. The van der Waals surface area contributed by atoms with E-state index in [0.717, 1.165) is 6.42 Å². The fourth-order valence-electron chi connectivity index (χ4n) is 2.00. The number of amides is 2. The van der Waals surface area contributed by atoms with Crippen LogP contribution in [0.15, 0.2) is 22.7 Å². The van der Waals surface area contributed by atoms with Crippen molar-refractivity contribution in [2.45, 2.75) is 12.5 Å². The summed E-state index contributed by atoms with van der Waals surface area (Å²) in [6.07, 6.45) is 0.786. The molecule has 2 rings (SSSR count). The highest BCUT2D eigenvalue weighted by molar-refractivity contribution is 9.10. The molecule has 1 aliphatic heterocycles. The van der Waals surface area contributed by atoms with E-state index in [4.69, 9.17) is 9.84 Å². The molecule has 1 aliphatic rings. The number of nitrogens with one attached hydrogen (secondary N) is 1. The first-order chi connectivity index (χ1) is 9.49. The van der Waals surface area contributed by atoms with Crippen LogP contribution in [0, 0.1) is 0 Å². The van der Waals surface area contributed by atoms with Gasteiger partial charge >= 0.3 is 12.0 Å². The molecule has 108 valence electrons. The van der Waals surface area contributed by atoms with Crippen molar-refractivity contribution >= 4 is 33.6 Å². The molecular weight excluding hydrogens is 328 g/mol. The Morgan fingerprint density at radius 1 is 1.50 bits per heavy atom. The van der Waals surface area contributed by atoms with E-state index in [1.54, 1.807) is 24.1 Å². The molecule has 0 bridgehead atoms. The number of rotatable bonds is 3. The van der Waals surface area contributed by atoms with Gasteiger partial charge in [-0.3, -0.25) is 0 Å². The lowest BCUT2D eigenvalue weighted by Gasteiger charge is -2.23. The number of likely N-dealkylation sites (N-methyl/N-ethyl adjacent to an activating group) is 1. The molecule has 1 saturated heterocycles. The smallest absolute Gasteiger partial charge is 0.337 e. The first-order valence-corrected chi connectivity index (χ1v) is 6.92. The maximum absolute atomic E-state index is 12.1. The zero-order valence-corrected chi connectivity index (χ0v) is 12.5. The molecule has 6 nitrogen and oxygen atoms in total. The number of anilines is 1. The number of carbonyl (C=O) groups excluding carboxylic acids is 1. The van der Waals surface area contributed by atoms with Gasteiger partial charge in [0, 0.05) is 18.1 Å². The molecule has 1 unspecified atom stereocenters. The minimum absolute atomic E-state index is 0.0235. The van der Waals surface area contributed by atoms with Crippen LogP contribution >= 0.6 is 15.9 Å². The van der Waals surface area contributed by atoms with E-state index >= 15 is 0 Å². The number of carboxylic acid groups (broad SMARTS) is 1. The predicted octanol–water partition coefficient (Wildman–Crippen LogP) is 2.40. The van der Waals surface area contributed by atoms with Crippen LogP contribution in [0.2, 0.25) is 0 Å². The minimum atomic E-state index is -1.08. The van der Waals surface area contributed by atoms with E-state index in [9.17, 15) is 9.59 Å². The molecule has 0 aliphatic carbocycles. The summed E-state index contributed by atoms with van der Waals surface area (Å²) >= 11 is 3.26. The summed E-state index contributed by atoms with van der Waals surface area (Å²) in [7, 11) is 1.67. The monoisotopic (exact) mass is 342 g/mol. The fraction of sp³-hybridized carbons (Fsp3) is 0.385. The second-order valence-electron chi connectivity index (χ2n) is 4.55. The van der Waals surface area contributed by atoms with Crippen molar-refractivity contribution in [2.75, 3.05) is 25.6 Å². The van der Waals surface area contributed by atoms with Gasteiger partial charge in [-0.15, -0.1) is 0 Å². The second-order valence-corrected chi connectivity index (χ2v) is 5.47. The molecule has 1 heterocycles. The molecular formula is C13H15BrN2O4. The van der Waals surface area contributed by atoms with Gasteiger partial charge in [0.15, 0.2) is 0 Å². The zero-order valence-electron chi connectivity index (χ0n) is 10.9. The standard InChI is InChI=1S/C13H15BrN2O4/c1-16(9-4-5-20-7-9)13(19)15-11-6-8(14)2-3-10(11)12(17)18/h2-3,6,9H,4-5,7H2,1H3,(H,15,19)(H,17,18). The Morgan fingerprint density at radius 2 is 2.25 bits per heavy atom. The molecule has 7 heteroatoms. The maximum atomic E-state index is 12.1. The van der Waals surface area contributed by atoms with E-state index in [0.29, 0.717) is 17.7 Å². The van der Waals surface area contributed by atoms with Crippen molar-refractivity contribution in [2.24, 2.45) is 0 Å². The van der Waals surface area contributed by atoms with E-state index in [1.807, 2.05) is 0 Å². The summed E-state index contributed by atoms with van der Waals surface area (Å²) in [6, 6.07) is 4.31. The van der Waals surface area contributed by atoms with Gasteiger partial charge in [-0.25, -0.2) is 9.59 Å². The molecule has 20 heavy (non-hydrogen) atoms. The number of benzene rings is 1. The lowest BCUT2D eigenvalue weighted by molar-refractivity contribution is 0.0698. The Balaban J connectivity index is 2.14. The highest BCUT2D eigenvalue weighted by atomic mass is 79.9. The first kappa shape index (κ1) is 14.8. The van der Waals surface area contributed by atoms with Crippen LogP contribution in [0.25, 0.3) is 0 Å². The summed E-state index contributed by atoms with van der Waals surface area (Å²) in [6.45, 7) is 1.15. The molecule has 1 fully saturated rings. The molecule has 0 spiro atoms. The number of urea groups is 1. The van der Waals surface area contributed by atoms with Crippen LogP contribution < -0.4 is 5.32 Å². The van der Waals surface area contributed by atoms with Crippen molar-refractivity contribution in [3.8, 4) is 0 Å². The average molecular weight is 343 g/mol. The molecule has 0 aromatic heterocycles. The number of carboxylic acids is 1. The first-order valence-electron chi connectivity index (χ1n) is 6.13. The third-order valence-electron chi connectivity index (χ3n) is 3.23. The summed E-state index contributed by atoms with van der Waals surface area (Å²) in [5.74, 6) is -1.08. The Morgan fingerprint density at radius 3 is 2.85 bits per heavy atom. The summed E-state index contributed by atoms with van der Waals surface area (Å²) in [5.41, 5.74) is 0.320. The Bertz CT molecular complexity index is 529. The van der Waals surface area contributed by atoms with Gasteiger partial charge < -0.3 is 20.1 Å². The number of hydrogen-bond donors (Lipinski definition) is 2. The van der Waals surface area contributed by atoms with Gasteiger partial charge in [-0.05, 0) is 24.6 Å². The van der Waals surface area contributed by atoms with Gasteiger partial charge in [-0.1, -0.05) is 15.9 Å². The third kappa shape index (κ3) is 3.29. The molecule has 1 aromatic carbocycles. The summed E-state index contributed by atoms with van der Waals surface area (Å²) < 4.78 is 5.94. The fourth-order valence-corrected chi connectivity index (χ4v) is 2.36. The SMILES string of the molecule is CN(C(=O)Nc1cc(Br)ccc1C(=O)O)C1CCOC1. The normalized spacial score (nSPS) is 17.8. The van der Waals surface area contributed by atoms with Crippen LogP contribution in [0.4, 0.5) is 10.5 Å². The average Bonchev–Trinajstić information content (AvgIpc) is 2.91. The topological polar surface area (TPSA) is 78.9 Å². The van der Waals surface area contributed by atoms with Crippen molar-refractivity contribution in [1.82, 2.24) is 4.90 Å². The van der Waals surface area contributed by atoms with Crippen LogP contribution in [-0.4, -0.2) is 48.3 Å². The van der Waals surface area contributed by atoms with Gasteiger partial charge in [-0.2, -0.15) is 0 Å². The number of nitrogens with zero attached hydrogens (tertiary/aromatic N) is 1. The van der Waals surface area contributed by atoms with Crippen LogP contribution in [0.5, 0.6) is 0 Å². The van der Waals surface area contributed by atoms with Crippen molar-refractivity contribution in [3.05, 3.63) is 28.2 Å². The summed E-state index contributed by atoms with van der Waals surface area (Å²) in [4.78, 5) is 24.8. The number of halogens is 1. The Labute approximate surface area is 124 Å². The van der Waals surface area contributed by atoms with E-state index < -0.39 is 5.97 Å². The number of ether oxygens (including phenoxy) is 1. The largest absolute Gasteiger partial charge is 0.478 e. The lowest BCUT2D eigenvalue weighted by atomic mass is 10.2. The highest BCUT2D eigenvalue weighted by Gasteiger charge is 2.25. The van der Waals surface area contributed by atoms with Crippen LogP contribution in [-0.2, 0) is 4.74 Å². The molecule has 2 amide bonds. The number of carbonyl (C=O) groups is 2. The van der Waals surface area contributed by atoms with Crippen molar-refractivity contribution in [3.63, 3.8) is 0 Å². The maximum Gasteiger partial charge on any atom is 0.337 e. The zero-order chi connectivity index (χ0) is 14.7. The van der Waals surface area contributed by atoms with Crippen molar-refractivity contribution < 1.29 is 19.4 Å². The number of aromatic carboxylic acids is 1. The molecule has 0 radical (unpaired) electrons. The van der Waals surface area contributed by atoms with Crippen LogP contribution in [0.3, 0.4) is 0 Å². The Kier molecular flexibility index (Phi) is 4.61. The minimum Gasteiger partial charge on any atom is -0.478 e. The van der Waals surface area contributed by atoms with E-state index in [-0.39, 0.29) is 23.3 Å². The number of hydrogen-bond acceptors (Lipinski definition) is 3. The predicted molar refractivity (Wildman–Crippen MR) is 77.1 cm³/mol. The van der Waals surface area contributed by atoms with Crippen LogP contribution in [0.1, 0.15) is 16.8 Å². The second kappa shape index (κ2) is 6.23. The Hall–Kier alpha value is -1.60. The molecule has 0 saturated carbocycles. The van der Waals surface area contributed by atoms with Gasteiger partial charge in [0.05, 0.1) is 23.9 Å². The van der Waals surface area contributed by atoms with E-state index in [2.05, 4.69) is 21.2 Å². The van der Waals surface area contributed by atoms with Gasteiger partial charge in [0.2, 0.25) is 0 Å². The quantitative estimate of drug-likeness (QED) is 0.883. The van der Waals surface area contributed by atoms with Crippen molar-refractivity contribution in [1.29, 1.82) is 0 Å². The van der Waals surface area contributed by atoms with Gasteiger partial charge in [0.25, 0.3) is 0 Å². The lowest BCUT2D eigenvalue weighted by Crippen LogP contribution is -2.40. The summed E-state index contributed by atoms with van der Waals surface area (Å²) in [5, 5.41) is 11.7. The molecule has 1 aromatic rings. The third-order valence-corrected chi connectivity index (χ3v) is 3.72.